The molecule has 10 heteroatoms. The lowest BCUT2D eigenvalue weighted by molar-refractivity contribution is 0.332. The molecule has 4 heterocycles. The van der Waals surface area contributed by atoms with Crippen LogP contribution in [0.4, 0.5) is 20.4 Å². The quantitative estimate of drug-likeness (QED) is 0.416. The summed E-state index contributed by atoms with van der Waals surface area (Å²) < 4.78 is 31.4. The van der Waals surface area contributed by atoms with Crippen LogP contribution in [0.1, 0.15) is 50.6 Å². The van der Waals surface area contributed by atoms with Crippen LogP contribution in [-0.2, 0) is 18.4 Å². The van der Waals surface area contributed by atoms with Gasteiger partial charge in [0.2, 0.25) is 5.95 Å². The minimum absolute atomic E-state index is 0.0111. The van der Waals surface area contributed by atoms with Crippen LogP contribution in [0.25, 0.3) is 16.9 Å². The first-order chi connectivity index (χ1) is 17.2. The molecule has 0 aliphatic carbocycles. The first-order valence-corrected chi connectivity index (χ1v) is 12.0. The average molecular weight is 494 g/mol. The second kappa shape index (κ2) is 9.09. The minimum atomic E-state index is -1.13. The third kappa shape index (κ3) is 4.15. The largest absolute Gasteiger partial charge is 0.324 e. The Labute approximate surface area is 207 Å². The number of anilines is 2. The number of benzene rings is 1. The van der Waals surface area contributed by atoms with Crippen molar-refractivity contribution < 1.29 is 8.78 Å². The van der Waals surface area contributed by atoms with Crippen molar-refractivity contribution in [1.82, 2.24) is 29.6 Å². The Morgan fingerprint density at radius 2 is 1.97 bits per heavy atom. The van der Waals surface area contributed by atoms with Crippen LogP contribution in [0, 0.1) is 5.82 Å². The summed E-state index contributed by atoms with van der Waals surface area (Å²) in [5.41, 5.74) is 2.28. The lowest BCUT2D eigenvalue weighted by Crippen LogP contribution is -2.27. The van der Waals surface area contributed by atoms with E-state index in [1.165, 1.54) is 34.1 Å². The maximum atomic E-state index is 14.6. The number of hydrogen-bond donors (Lipinski definition) is 2. The average Bonchev–Trinajstić information content (AvgIpc) is 3.16. The molecule has 5 rings (SSSR count). The normalized spacial score (nSPS) is 13.9. The number of pyridine rings is 1. The summed E-state index contributed by atoms with van der Waals surface area (Å²) in [6.45, 7) is 7.90. The van der Waals surface area contributed by atoms with E-state index in [2.05, 4.69) is 37.7 Å². The monoisotopic (exact) mass is 493 g/mol. The molecular formula is C26H29F2N7O. The highest BCUT2D eigenvalue weighted by Gasteiger charge is 2.28. The zero-order chi connectivity index (χ0) is 25.6. The van der Waals surface area contributed by atoms with Gasteiger partial charge in [0.1, 0.15) is 17.9 Å². The van der Waals surface area contributed by atoms with E-state index >= 15 is 0 Å². The van der Waals surface area contributed by atoms with Gasteiger partial charge >= 0.3 is 0 Å². The molecule has 0 spiro atoms. The molecule has 0 amide bonds. The van der Waals surface area contributed by atoms with Gasteiger partial charge in [-0.1, -0.05) is 19.9 Å². The van der Waals surface area contributed by atoms with Gasteiger partial charge in [-0.05, 0) is 62.2 Å². The molecule has 0 atom stereocenters. The second-order valence-corrected chi connectivity index (χ2v) is 10.0. The fourth-order valence-corrected chi connectivity index (χ4v) is 4.52. The van der Waals surface area contributed by atoms with Crippen molar-refractivity contribution in [3.05, 3.63) is 69.5 Å². The molecule has 1 aromatic carbocycles. The summed E-state index contributed by atoms with van der Waals surface area (Å²) in [5.74, 6) is -0.00647. The van der Waals surface area contributed by atoms with E-state index in [0.717, 1.165) is 25.2 Å². The Balaban J connectivity index is 1.64. The number of nitrogens with one attached hydrogen (secondary N) is 2. The summed E-state index contributed by atoms with van der Waals surface area (Å²) in [6.07, 6.45) is 2.43. The molecule has 1 aliphatic rings. The maximum absolute atomic E-state index is 14.6. The van der Waals surface area contributed by atoms with Crippen molar-refractivity contribution >= 4 is 22.7 Å². The fourth-order valence-electron chi connectivity index (χ4n) is 4.52. The number of rotatable bonds is 6. The lowest BCUT2D eigenvalue weighted by Gasteiger charge is -2.22. The Morgan fingerprint density at radius 3 is 2.72 bits per heavy atom. The summed E-state index contributed by atoms with van der Waals surface area (Å²) in [5, 5.41) is 6.91. The third-order valence-electron chi connectivity index (χ3n) is 6.48. The molecule has 0 bridgehead atoms. The Hall–Kier alpha value is -3.66. The van der Waals surface area contributed by atoms with Crippen LogP contribution in [-0.4, -0.2) is 37.5 Å². The number of halogens is 2. The van der Waals surface area contributed by atoms with Crippen molar-refractivity contribution in [2.75, 3.05) is 18.5 Å². The predicted molar refractivity (Wildman–Crippen MR) is 135 cm³/mol. The summed E-state index contributed by atoms with van der Waals surface area (Å²) in [6, 6.07) is 8.60. The maximum Gasteiger partial charge on any atom is 0.278 e. The van der Waals surface area contributed by atoms with Gasteiger partial charge in [0.15, 0.2) is 11.5 Å². The molecule has 0 radical (unpaired) electrons. The SMILES string of the molecule is CC(C)n1c(=O)c2cnc(Nc3ccc4c(c3)CCNC4)nc2n1-c1ccc(F)c(C(C)(C)CF)n1. The predicted octanol–water partition coefficient (Wildman–Crippen LogP) is 4.33. The smallest absolute Gasteiger partial charge is 0.278 e. The van der Waals surface area contributed by atoms with Gasteiger partial charge < -0.3 is 10.6 Å². The Bertz CT molecular complexity index is 1510. The number of nitrogens with zero attached hydrogens (tertiary/aromatic N) is 5. The third-order valence-corrected chi connectivity index (χ3v) is 6.48. The molecule has 8 nitrogen and oxygen atoms in total. The van der Waals surface area contributed by atoms with Crippen molar-refractivity contribution in [1.29, 1.82) is 0 Å². The molecule has 0 unspecified atom stereocenters. The molecule has 0 saturated carbocycles. The van der Waals surface area contributed by atoms with E-state index in [1.807, 2.05) is 19.9 Å². The number of alkyl halides is 1. The molecule has 0 saturated heterocycles. The second-order valence-electron chi connectivity index (χ2n) is 10.0. The topological polar surface area (TPSA) is 89.7 Å². The van der Waals surface area contributed by atoms with Gasteiger partial charge in [-0.25, -0.2) is 23.7 Å². The first-order valence-electron chi connectivity index (χ1n) is 12.0. The number of hydrogen-bond acceptors (Lipinski definition) is 6. The van der Waals surface area contributed by atoms with Crippen LogP contribution in [0.3, 0.4) is 0 Å². The van der Waals surface area contributed by atoms with Crippen LogP contribution in [0.15, 0.2) is 41.3 Å². The molecule has 36 heavy (non-hydrogen) atoms. The molecule has 2 N–H and O–H groups in total. The molecule has 3 aromatic heterocycles. The fraction of sp³-hybridized carbons (Fsp3) is 0.385. The van der Waals surface area contributed by atoms with E-state index in [-0.39, 0.29) is 23.1 Å². The zero-order valence-electron chi connectivity index (χ0n) is 20.8. The van der Waals surface area contributed by atoms with Gasteiger partial charge in [-0.2, -0.15) is 4.98 Å². The van der Waals surface area contributed by atoms with Crippen molar-refractivity contribution in [3.63, 3.8) is 0 Å². The molecule has 4 aromatic rings. The lowest BCUT2D eigenvalue weighted by atomic mass is 9.90. The van der Waals surface area contributed by atoms with Gasteiger partial charge in [-0.15, -0.1) is 0 Å². The standard InChI is InChI=1S/C26H29F2N7O/c1-15(2)34-24(36)19-13-30-25(31-18-6-5-17-12-29-10-9-16(17)11-18)33-23(19)35(34)21-8-7-20(28)22(32-21)26(3,4)14-27/h5-8,11,13,15,29H,9-10,12,14H2,1-4H3,(H,30,31,33). The van der Waals surface area contributed by atoms with E-state index in [4.69, 9.17) is 0 Å². The van der Waals surface area contributed by atoms with Crippen molar-refractivity contribution in [2.45, 2.75) is 52.1 Å². The van der Waals surface area contributed by atoms with E-state index in [0.29, 0.717) is 17.0 Å². The van der Waals surface area contributed by atoms with Crippen molar-refractivity contribution in [3.8, 4) is 5.82 Å². The molecular weight excluding hydrogens is 464 g/mol. The highest BCUT2D eigenvalue weighted by molar-refractivity contribution is 5.77. The number of aromatic nitrogens is 5. The van der Waals surface area contributed by atoms with E-state index in [1.54, 1.807) is 18.5 Å². The van der Waals surface area contributed by atoms with Crippen LogP contribution in [0.2, 0.25) is 0 Å². The van der Waals surface area contributed by atoms with Crippen LogP contribution in [0.5, 0.6) is 0 Å². The van der Waals surface area contributed by atoms with E-state index < -0.39 is 17.9 Å². The summed E-state index contributed by atoms with van der Waals surface area (Å²) >= 11 is 0. The Morgan fingerprint density at radius 1 is 1.17 bits per heavy atom. The Kier molecular flexibility index (Phi) is 6.07. The van der Waals surface area contributed by atoms with Crippen LogP contribution >= 0.6 is 0 Å². The minimum Gasteiger partial charge on any atom is -0.324 e. The van der Waals surface area contributed by atoms with Crippen LogP contribution < -0.4 is 16.2 Å². The molecule has 0 fully saturated rings. The van der Waals surface area contributed by atoms with Crippen molar-refractivity contribution in [2.24, 2.45) is 0 Å². The highest BCUT2D eigenvalue weighted by atomic mass is 19.1. The number of fused-ring (bicyclic) bond motifs is 2. The van der Waals surface area contributed by atoms with E-state index in [9.17, 15) is 13.6 Å². The van der Waals surface area contributed by atoms with Gasteiger partial charge in [-0.3, -0.25) is 9.18 Å². The highest BCUT2D eigenvalue weighted by Crippen LogP contribution is 2.27. The zero-order valence-corrected chi connectivity index (χ0v) is 20.8. The summed E-state index contributed by atoms with van der Waals surface area (Å²) in [4.78, 5) is 26.8. The van der Waals surface area contributed by atoms with Gasteiger partial charge in [0, 0.05) is 29.9 Å². The molecule has 1 aliphatic heterocycles. The summed E-state index contributed by atoms with van der Waals surface area (Å²) in [7, 11) is 0. The first kappa shape index (κ1) is 24.1. The van der Waals surface area contributed by atoms with Gasteiger partial charge in [0.05, 0.1) is 5.69 Å². The van der Waals surface area contributed by atoms with Gasteiger partial charge in [0.25, 0.3) is 5.56 Å². The molecule has 188 valence electrons.